The summed E-state index contributed by atoms with van der Waals surface area (Å²) in [5.74, 6) is 1.22. The summed E-state index contributed by atoms with van der Waals surface area (Å²) in [5.41, 5.74) is 0.00827. The summed E-state index contributed by atoms with van der Waals surface area (Å²) < 4.78 is 1.74. The van der Waals surface area contributed by atoms with Crippen LogP contribution in [-0.2, 0) is 0 Å². The second-order valence-electron chi connectivity index (χ2n) is 5.63. The van der Waals surface area contributed by atoms with E-state index in [9.17, 15) is 4.79 Å². The van der Waals surface area contributed by atoms with Crippen LogP contribution >= 0.6 is 0 Å². The van der Waals surface area contributed by atoms with Gasteiger partial charge in [-0.1, -0.05) is 0 Å². The Labute approximate surface area is 114 Å². The maximum absolute atomic E-state index is 12.3. The normalized spacial score (nSPS) is 16.8. The molecule has 1 aliphatic heterocycles. The van der Waals surface area contributed by atoms with Gasteiger partial charge >= 0.3 is 0 Å². The van der Waals surface area contributed by atoms with Crippen LogP contribution in [0.15, 0.2) is 17.2 Å². The Balaban J connectivity index is 2.12. The van der Waals surface area contributed by atoms with E-state index in [-0.39, 0.29) is 11.6 Å². The number of piperidine rings is 1. The molecule has 1 fully saturated rings. The number of hydrogen-bond donors (Lipinski definition) is 1. The summed E-state index contributed by atoms with van der Waals surface area (Å²) in [6.07, 6.45) is 5.83. The minimum atomic E-state index is 0.00827. The Morgan fingerprint density at radius 3 is 2.79 bits per heavy atom. The number of rotatable bonds is 4. The first-order valence-electron chi connectivity index (χ1n) is 7.08. The van der Waals surface area contributed by atoms with Gasteiger partial charge in [-0.05, 0) is 45.7 Å². The molecule has 5 nitrogen and oxygen atoms in total. The van der Waals surface area contributed by atoms with Crippen molar-refractivity contribution in [3.05, 3.63) is 22.7 Å². The van der Waals surface area contributed by atoms with Crippen LogP contribution in [0.2, 0.25) is 0 Å². The molecule has 0 bridgehead atoms. The Bertz CT molecular complexity index is 463. The van der Waals surface area contributed by atoms with Crippen LogP contribution in [0.4, 0.5) is 5.82 Å². The van der Waals surface area contributed by atoms with Gasteiger partial charge in [0.2, 0.25) is 0 Å². The molecule has 0 aromatic carbocycles. The molecule has 0 aliphatic carbocycles. The van der Waals surface area contributed by atoms with E-state index in [1.165, 1.54) is 12.8 Å². The second-order valence-corrected chi connectivity index (χ2v) is 5.63. The van der Waals surface area contributed by atoms with Crippen molar-refractivity contribution in [2.45, 2.75) is 32.7 Å². The first-order valence-corrected chi connectivity index (χ1v) is 7.08. The molecule has 2 heterocycles. The molecular weight excluding hydrogens is 240 g/mol. The van der Waals surface area contributed by atoms with E-state index in [0.29, 0.717) is 11.7 Å². The zero-order chi connectivity index (χ0) is 13.8. The van der Waals surface area contributed by atoms with E-state index < -0.39 is 0 Å². The number of nitrogens with zero attached hydrogens (tertiary/aromatic N) is 3. The zero-order valence-corrected chi connectivity index (χ0v) is 12.1. The van der Waals surface area contributed by atoms with Gasteiger partial charge in [0, 0.05) is 32.0 Å². The molecule has 0 spiro atoms. The number of nitrogens with one attached hydrogen (secondary N) is 1. The quantitative estimate of drug-likeness (QED) is 0.889. The van der Waals surface area contributed by atoms with Crippen LogP contribution in [0.25, 0.3) is 0 Å². The molecule has 1 saturated heterocycles. The lowest BCUT2D eigenvalue weighted by Crippen LogP contribution is -2.38. The van der Waals surface area contributed by atoms with Crippen molar-refractivity contribution in [1.82, 2.24) is 14.9 Å². The van der Waals surface area contributed by atoms with E-state index in [0.717, 1.165) is 19.6 Å². The number of aromatic nitrogens is 2. The fourth-order valence-electron chi connectivity index (χ4n) is 2.62. The van der Waals surface area contributed by atoms with Crippen LogP contribution in [-0.4, -0.2) is 36.2 Å². The maximum Gasteiger partial charge on any atom is 0.293 e. The average molecular weight is 264 g/mol. The molecule has 0 amide bonds. The molecule has 0 saturated carbocycles. The van der Waals surface area contributed by atoms with Gasteiger partial charge in [-0.15, -0.1) is 0 Å². The summed E-state index contributed by atoms with van der Waals surface area (Å²) in [6.45, 7) is 7.09. The highest BCUT2D eigenvalue weighted by Crippen LogP contribution is 2.15. The molecule has 1 aromatic heterocycles. The van der Waals surface area contributed by atoms with Crippen molar-refractivity contribution in [1.29, 1.82) is 0 Å². The van der Waals surface area contributed by atoms with Gasteiger partial charge in [-0.25, -0.2) is 4.98 Å². The van der Waals surface area contributed by atoms with Crippen LogP contribution < -0.4 is 15.8 Å². The smallest absolute Gasteiger partial charge is 0.293 e. The molecule has 2 rings (SSSR count). The lowest BCUT2D eigenvalue weighted by atomic mass is 9.98. The summed E-state index contributed by atoms with van der Waals surface area (Å²) in [7, 11) is 1.97. The monoisotopic (exact) mass is 264 g/mol. The van der Waals surface area contributed by atoms with Crippen molar-refractivity contribution in [3.8, 4) is 0 Å². The molecule has 5 heteroatoms. The average Bonchev–Trinajstić information content (AvgIpc) is 2.39. The van der Waals surface area contributed by atoms with Crippen LogP contribution in [0.3, 0.4) is 0 Å². The predicted octanol–water partition coefficient (Wildman–Crippen LogP) is 1.26. The lowest BCUT2D eigenvalue weighted by Gasteiger charge is -2.28. The molecule has 1 N–H and O–H groups in total. The first kappa shape index (κ1) is 14.1. The van der Waals surface area contributed by atoms with Crippen LogP contribution in [0, 0.1) is 5.92 Å². The Morgan fingerprint density at radius 2 is 2.16 bits per heavy atom. The molecule has 0 radical (unpaired) electrons. The standard InChI is InChI=1S/C14H24N4O/c1-11(2)18-9-8-16-13(14(18)19)17(3)10-12-4-6-15-7-5-12/h8-9,11-12,15H,4-7,10H2,1-3H3. The molecule has 0 unspecified atom stereocenters. The highest BCUT2D eigenvalue weighted by molar-refractivity contribution is 5.34. The van der Waals surface area contributed by atoms with E-state index in [2.05, 4.69) is 10.3 Å². The zero-order valence-electron chi connectivity index (χ0n) is 12.1. The summed E-state index contributed by atoms with van der Waals surface area (Å²) in [6, 6.07) is 0.168. The second kappa shape index (κ2) is 6.19. The molecule has 0 atom stereocenters. The number of hydrogen-bond acceptors (Lipinski definition) is 4. The van der Waals surface area contributed by atoms with Crippen molar-refractivity contribution < 1.29 is 0 Å². The van der Waals surface area contributed by atoms with Gasteiger partial charge in [-0.2, -0.15) is 0 Å². The van der Waals surface area contributed by atoms with Gasteiger partial charge in [0.1, 0.15) is 0 Å². The van der Waals surface area contributed by atoms with Gasteiger partial charge in [0.05, 0.1) is 0 Å². The highest BCUT2D eigenvalue weighted by atomic mass is 16.1. The van der Waals surface area contributed by atoms with Gasteiger partial charge in [-0.3, -0.25) is 4.79 Å². The van der Waals surface area contributed by atoms with Crippen molar-refractivity contribution in [2.24, 2.45) is 5.92 Å². The van der Waals surface area contributed by atoms with E-state index in [1.807, 2.05) is 25.8 Å². The predicted molar refractivity (Wildman–Crippen MR) is 77.7 cm³/mol. The van der Waals surface area contributed by atoms with Crippen LogP contribution in [0.1, 0.15) is 32.7 Å². The largest absolute Gasteiger partial charge is 0.355 e. The molecule has 106 valence electrons. The third-order valence-electron chi connectivity index (χ3n) is 3.76. The van der Waals surface area contributed by atoms with E-state index in [1.54, 1.807) is 17.0 Å². The molecule has 1 aromatic rings. The summed E-state index contributed by atoms with van der Waals surface area (Å²) >= 11 is 0. The maximum atomic E-state index is 12.3. The van der Waals surface area contributed by atoms with Gasteiger partial charge in [0.15, 0.2) is 5.82 Å². The van der Waals surface area contributed by atoms with E-state index >= 15 is 0 Å². The SMILES string of the molecule is CC(C)n1ccnc(N(C)CC2CCNCC2)c1=O. The fraction of sp³-hybridized carbons (Fsp3) is 0.714. The Morgan fingerprint density at radius 1 is 1.47 bits per heavy atom. The van der Waals surface area contributed by atoms with Crippen molar-refractivity contribution in [2.75, 3.05) is 31.6 Å². The Hall–Kier alpha value is -1.36. The third kappa shape index (κ3) is 3.35. The topological polar surface area (TPSA) is 50.2 Å². The van der Waals surface area contributed by atoms with Gasteiger partial charge in [0.25, 0.3) is 5.56 Å². The number of anilines is 1. The lowest BCUT2D eigenvalue weighted by molar-refractivity contribution is 0.377. The molecule has 1 aliphatic rings. The van der Waals surface area contributed by atoms with E-state index in [4.69, 9.17) is 0 Å². The van der Waals surface area contributed by atoms with Gasteiger partial charge < -0.3 is 14.8 Å². The molecule has 19 heavy (non-hydrogen) atoms. The van der Waals surface area contributed by atoms with Crippen LogP contribution in [0.5, 0.6) is 0 Å². The fourth-order valence-corrected chi connectivity index (χ4v) is 2.62. The van der Waals surface area contributed by atoms with Crippen molar-refractivity contribution >= 4 is 5.82 Å². The third-order valence-corrected chi connectivity index (χ3v) is 3.76. The molecular formula is C14H24N4O. The summed E-state index contributed by atoms with van der Waals surface area (Å²) in [5, 5.41) is 3.36. The summed E-state index contributed by atoms with van der Waals surface area (Å²) in [4.78, 5) is 18.6. The Kier molecular flexibility index (Phi) is 4.58. The van der Waals surface area contributed by atoms with Crippen molar-refractivity contribution in [3.63, 3.8) is 0 Å². The minimum Gasteiger partial charge on any atom is -0.355 e. The minimum absolute atomic E-state index is 0.00827. The highest BCUT2D eigenvalue weighted by Gasteiger charge is 2.18. The first-order chi connectivity index (χ1) is 9.09.